The van der Waals surface area contributed by atoms with Gasteiger partial charge in [-0.05, 0) is 12.3 Å². The molecule has 0 heterocycles. The van der Waals surface area contributed by atoms with Crippen molar-refractivity contribution in [2.24, 2.45) is 11.7 Å². The Kier molecular flexibility index (Phi) is 5.15. The molecule has 2 atom stereocenters. The van der Waals surface area contributed by atoms with Gasteiger partial charge in [0, 0.05) is 0 Å². The first-order valence-electron chi connectivity index (χ1n) is 4.68. The van der Waals surface area contributed by atoms with Gasteiger partial charge in [0.2, 0.25) is 5.91 Å². The summed E-state index contributed by atoms with van der Waals surface area (Å²) in [5, 5.41) is 11.1. The van der Waals surface area contributed by atoms with Crippen LogP contribution in [0.3, 0.4) is 0 Å². The van der Waals surface area contributed by atoms with E-state index in [9.17, 15) is 9.59 Å². The molecule has 0 aromatic rings. The monoisotopic (exact) mass is 202 g/mol. The molecule has 5 nitrogen and oxygen atoms in total. The molecule has 1 amide bonds. The smallest absolute Gasteiger partial charge is 0.326 e. The normalized spacial score (nSPS) is 14.9. The molecule has 0 saturated heterocycles. The van der Waals surface area contributed by atoms with Crippen LogP contribution in [-0.4, -0.2) is 29.1 Å². The molecule has 0 spiro atoms. The van der Waals surface area contributed by atoms with E-state index in [0.29, 0.717) is 6.42 Å². The Bertz CT molecular complexity index is 216. The molecule has 4 N–H and O–H groups in total. The molecule has 0 rings (SSSR count). The summed E-state index contributed by atoms with van der Waals surface area (Å²) in [6, 6.07) is -1.49. The fraction of sp³-hybridized carbons (Fsp3) is 0.778. The molecule has 82 valence electrons. The van der Waals surface area contributed by atoms with Gasteiger partial charge in [-0.15, -0.1) is 0 Å². The van der Waals surface area contributed by atoms with Crippen molar-refractivity contribution in [3.8, 4) is 0 Å². The molecule has 0 aromatic heterocycles. The van der Waals surface area contributed by atoms with Gasteiger partial charge in [-0.1, -0.05) is 20.8 Å². The molecule has 0 aliphatic carbocycles. The maximum atomic E-state index is 11.4. The van der Waals surface area contributed by atoms with Crippen LogP contribution >= 0.6 is 0 Å². The third kappa shape index (κ3) is 3.74. The maximum absolute atomic E-state index is 11.4. The first-order chi connectivity index (χ1) is 6.40. The average molecular weight is 202 g/mol. The van der Waals surface area contributed by atoms with Gasteiger partial charge in [0.15, 0.2) is 0 Å². The van der Waals surface area contributed by atoms with Crippen LogP contribution in [0.15, 0.2) is 0 Å². The average Bonchev–Trinajstić information content (AvgIpc) is 2.11. The summed E-state index contributed by atoms with van der Waals surface area (Å²) < 4.78 is 0. The van der Waals surface area contributed by atoms with Crippen LogP contribution in [-0.2, 0) is 9.59 Å². The second-order valence-corrected chi connectivity index (χ2v) is 3.58. The Balaban J connectivity index is 4.22. The molecule has 0 aliphatic heterocycles. The highest BCUT2D eigenvalue weighted by molar-refractivity contribution is 5.86. The number of carbonyl (C=O) groups excluding carboxylic acids is 1. The van der Waals surface area contributed by atoms with Crippen LogP contribution in [0, 0.1) is 5.92 Å². The number of amides is 1. The van der Waals surface area contributed by atoms with E-state index in [4.69, 9.17) is 10.8 Å². The lowest BCUT2D eigenvalue weighted by Gasteiger charge is -2.18. The minimum absolute atomic E-state index is 0.00120. The van der Waals surface area contributed by atoms with Crippen molar-refractivity contribution in [1.29, 1.82) is 0 Å². The van der Waals surface area contributed by atoms with Crippen molar-refractivity contribution in [3.63, 3.8) is 0 Å². The van der Waals surface area contributed by atoms with Crippen LogP contribution in [0.4, 0.5) is 0 Å². The predicted octanol–water partition coefficient (Wildman–Crippen LogP) is -0.0509. The highest BCUT2D eigenvalue weighted by atomic mass is 16.4. The highest BCUT2D eigenvalue weighted by Gasteiger charge is 2.23. The molecular formula is C9H18N2O3. The van der Waals surface area contributed by atoms with E-state index in [1.165, 1.54) is 0 Å². The summed E-state index contributed by atoms with van der Waals surface area (Å²) in [4.78, 5) is 22.0. The van der Waals surface area contributed by atoms with E-state index in [2.05, 4.69) is 5.32 Å². The zero-order chi connectivity index (χ0) is 11.3. The van der Waals surface area contributed by atoms with Gasteiger partial charge in [-0.3, -0.25) is 4.79 Å². The first-order valence-corrected chi connectivity index (χ1v) is 4.68. The van der Waals surface area contributed by atoms with Crippen molar-refractivity contribution in [3.05, 3.63) is 0 Å². The number of carbonyl (C=O) groups is 2. The standard InChI is InChI=1S/C9H18N2O3/c1-4-6(9(13)14)11-8(12)7(10)5(2)3/h5-7H,4,10H2,1-3H3,(H,11,12)(H,13,14)/t6-,7?/m1/s1. The number of nitrogens with two attached hydrogens (primary N) is 1. The number of hydrogen-bond acceptors (Lipinski definition) is 3. The minimum atomic E-state index is -1.03. The lowest BCUT2D eigenvalue weighted by Crippen LogP contribution is -2.50. The Morgan fingerprint density at radius 1 is 1.43 bits per heavy atom. The van der Waals surface area contributed by atoms with Crippen molar-refractivity contribution >= 4 is 11.9 Å². The molecule has 5 heteroatoms. The van der Waals surface area contributed by atoms with Crippen LogP contribution in [0.25, 0.3) is 0 Å². The fourth-order valence-electron chi connectivity index (χ4n) is 0.909. The van der Waals surface area contributed by atoms with Crippen LogP contribution < -0.4 is 11.1 Å². The SMILES string of the molecule is CC[C@@H](NC(=O)C(N)C(C)C)C(=O)O. The quantitative estimate of drug-likeness (QED) is 0.582. The topological polar surface area (TPSA) is 92.4 Å². The second kappa shape index (κ2) is 5.59. The highest BCUT2D eigenvalue weighted by Crippen LogP contribution is 1.99. The van der Waals surface area contributed by atoms with Gasteiger partial charge in [0.25, 0.3) is 0 Å². The van der Waals surface area contributed by atoms with E-state index in [1.54, 1.807) is 6.92 Å². The van der Waals surface area contributed by atoms with E-state index in [0.717, 1.165) is 0 Å². The predicted molar refractivity (Wildman–Crippen MR) is 52.7 cm³/mol. The van der Waals surface area contributed by atoms with Gasteiger partial charge in [-0.2, -0.15) is 0 Å². The van der Waals surface area contributed by atoms with Crippen LogP contribution in [0.1, 0.15) is 27.2 Å². The number of aliphatic carboxylic acids is 1. The van der Waals surface area contributed by atoms with Gasteiger partial charge in [0.05, 0.1) is 6.04 Å². The molecule has 0 fully saturated rings. The maximum Gasteiger partial charge on any atom is 0.326 e. The fourth-order valence-corrected chi connectivity index (χ4v) is 0.909. The number of hydrogen-bond donors (Lipinski definition) is 3. The zero-order valence-electron chi connectivity index (χ0n) is 8.78. The number of carboxylic acid groups (broad SMARTS) is 1. The van der Waals surface area contributed by atoms with Crippen molar-refractivity contribution in [2.45, 2.75) is 39.3 Å². The van der Waals surface area contributed by atoms with Gasteiger partial charge >= 0.3 is 5.97 Å². The lowest BCUT2D eigenvalue weighted by molar-refractivity contribution is -0.142. The Labute approximate surface area is 83.7 Å². The second-order valence-electron chi connectivity index (χ2n) is 3.58. The van der Waals surface area contributed by atoms with E-state index in [1.807, 2.05) is 13.8 Å². The Hall–Kier alpha value is -1.10. The molecular weight excluding hydrogens is 184 g/mol. The molecule has 0 aromatic carbocycles. The lowest BCUT2D eigenvalue weighted by atomic mass is 10.0. The number of nitrogens with one attached hydrogen (secondary N) is 1. The largest absolute Gasteiger partial charge is 0.480 e. The van der Waals surface area contributed by atoms with E-state index < -0.39 is 24.0 Å². The Morgan fingerprint density at radius 3 is 2.21 bits per heavy atom. The summed E-state index contributed by atoms with van der Waals surface area (Å²) in [6.07, 6.45) is 0.353. The van der Waals surface area contributed by atoms with Gasteiger partial charge in [-0.25, -0.2) is 4.79 Å². The molecule has 14 heavy (non-hydrogen) atoms. The third-order valence-electron chi connectivity index (χ3n) is 2.04. The summed E-state index contributed by atoms with van der Waals surface area (Å²) >= 11 is 0. The summed E-state index contributed by atoms with van der Waals surface area (Å²) in [5.41, 5.74) is 5.56. The molecule has 0 aliphatic rings. The third-order valence-corrected chi connectivity index (χ3v) is 2.04. The van der Waals surface area contributed by atoms with Crippen molar-refractivity contribution in [1.82, 2.24) is 5.32 Å². The summed E-state index contributed by atoms with van der Waals surface area (Å²) in [7, 11) is 0. The number of rotatable bonds is 5. The molecule has 0 radical (unpaired) electrons. The summed E-state index contributed by atoms with van der Waals surface area (Å²) in [6.45, 7) is 5.32. The van der Waals surface area contributed by atoms with Crippen molar-refractivity contribution in [2.75, 3.05) is 0 Å². The van der Waals surface area contributed by atoms with Crippen molar-refractivity contribution < 1.29 is 14.7 Å². The van der Waals surface area contributed by atoms with Gasteiger partial charge in [0.1, 0.15) is 6.04 Å². The minimum Gasteiger partial charge on any atom is -0.480 e. The summed E-state index contributed by atoms with van der Waals surface area (Å²) in [5.74, 6) is -1.44. The van der Waals surface area contributed by atoms with E-state index >= 15 is 0 Å². The number of carboxylic acids is 1. The van der Waals surface area contributed by atoms with E-state index in [-0.39, 0.29) is 5.92 Å². The Morgan fingerprint density at radius 2 is 1.93 bits per heavy atom. The molecule has 0 bridgehead atoms. The first kappa shape index (κ1) is 12.9. The van der Waals surface area contributed by atoms with Gasteiger partial charge < -0.3 is 16.2 Å². The van der Waals surface area contributed by atoms with Crippen LogP contribution in [0.2, 0.25) is 0 Å². The molecule has 1 unspecified atom stereocenters. The molecule has 0 saturated carbocycles. The zero-order valence-corrected chi connectivity index (χ0v) is 8.78. The van der Waals surface area contributed by atoms with Crippen LogP contribution in [0.5, 0.6) is 0 Å².